The highest BCUT2D eigenvalue weighted by atomic mass is 16.2. The Bertz CT molecular complexity index is 1590. The van der Waals surface area contributed by atoms with E-state index >= 15 is 0 Å². The molecule has 10 heteroatoms. The number of benzene rings is 2. The van der Waals surface area contributed by atoms with Gasteiger partial charge in [-0.1, -0.05) is 18.6 Å². The molecule has 0 unspecified atom stereocenters. The fraction of sp³-hybridized carbons (Fsp3) is 0.526. The maximum Gasteiger partial charge on any atom is 0.321 e. The second-order valence-corrected chi connectivity index (χ2v) is 14.0. The number of piperidine rings is 2. The summed E-state index contributed by atoms with van der Waals surface area (Å²) in [5.41, 5.74) is 9.52. The van der Waals surface area contributed by atoms with Gasteiger partial charge in [0.1, 0.15) is 6.29 Å². The van der Waals surface area contributed by atoms with Crippen molar-refractivity contribution in [2.24, 2.45) is 11.1 Å². The van der Waals surface area contributed by atoms with Crippen LogP contribution in [-0.4, -0.2) is 84.8 Å². The number of nitrogens with two attached hydrogens (primary N) is 1. The Kier molecular flexibility index (Phi) is 11.6. The van der Waals surface area contributed by atoms with Gasteiger partial charge in [-0.25, -0.2) is 4.79 Å². The number of hydrogen-bond donors (Lipinski definition) is 2. The third-order valence-corrected chi connectivity index (χ3v) is 10.4. The number of unbranched alkanes of at least 4 members (excludes halogenated alkanes) is 2. The number of anilines is 1. The summed E-state index contributed by atoms with van der Waals surface area (Å²) < 4.78 is 2.13. The number of hydrogen-bond acceptors (Lipinski definition) is 5. The van der Waals surface area contributed by atoms with Crippen molar-refractivity contribution in [1.82, 2.24) is 19.7 Å². The van der Waals surface area contributed by atoms with E-state index < -0.39 is 0 Å². The standard InChI is InChI=1S/C38H52N6O4/c1-28(2)43-21-14-32-33(43)25-31(26-34(32)44(20-8-24-45)37(48)40-3)36(47)42-22-16-38(17-23-42)15-7-19-41(27-38)18-6-4-5-9-29-10-12-30(13-11-29)35(39)46/h10-14,21,24-26,28H,4-9,15-20,22-23,27H2,1-3H3,(H2,39,46)(H,40,48). The van der Waals surface area contributed by atoms with Crippen molar-refractivity contribution in [3.63, 3.8) is 0 Å². The molecule has 0 atom stereocenters. The number of nitrogens with one attached hydrogen (secondary N) is 1. The number of aromatic nitrogens is 1. The van der Waals surface area contributed by atoms with E-state index in [1.807, 2.05) is 53.6 Å². The van der Waals surface area contributed by atoms with E-state index in [1.165, 1.54) is 31.2 Å². The maximum atomic E-state index is 14.1. The number of carbonyl (C=O) groups excluding carboxylic acids is 4. The highest BCUT2D eigenvalue weighted by molar-refractivity contribution is 6.07. The van der Waals surface area contributed by atoms with Gasteiger partial charge in [-0.3, -0.25) is 14.5 Å². The van der Waals surface area contributed by atoms with E-state index in [0.717, 1.165) is 75.6 Å². The minimum absolute atomic E-state index is 0.00585. The first-order valence-corrected chi connectivity index (χ1v) is 17.6. The van der Waals surface area contributed by atoms with E-state index in [1.54, 1.807) is 11.9 Å². The van der Waals surface area contributed by atoms with Gasteiger partial charge in [0.15, 0.2) is 0 Å². The third kappa shape index (κ3) is 8.09. The molecule has 1 spiro atoms. The second-order valence-electron chi connectivity index (χ2n) is 14.0. The summed E-state index contributed by atoms with van der Waals surface area (Å²) in [6.07, 6.45) is 11.9. The van der Waals surface area contributed by atoms with Crippen LogP contribution in [0.1, 0.15) is 97.5 Å². The van der Waals surface area contributed by atoms with Gasteiger partial charge < -0.3 is 30.2 Å². The number of fused-ring (bicyclic) bond motifs is 1. The summed E-state index contributed by atoms with van der Waals surface area (Å²) in [6.45, 7) is 9.23. The molecule has 0 bridgehead atoms. The van der Waals surface area contributed by atoms with Crippen molar-refractivity contribution in [3.05, 3.63) is 65.4 Å². The fourth-order valence-corrected chi connectivity index (χ4v) is 7.64. The Hall–Kier alpha value is -4.18. The zero-order valence-corrected chi connectivity index (χ0v) is 28.9. The molecule has 3 aromatic rings. The molecule has 2 fully saturated rings. The molecule has 2 aliphatic rings. The van der Waals surface area contributed by atoms with Gasteiger partial charge in [-0.2, -0.15) is 0 Å². The van der Waals surface area contributed by atoms with Gasteiger partial charge in [-0.05, 0) is 113 Å². The third-order valence-electron chi connectivity index (χ3n) is 10.4. The normalized spacial score (nSPS) is 16.4. The Balaban J connectivity index is 1.20. The van der Waals surface area contributed by atoms with Crippen LogP contribution in [-0.2, 0) is 11.2 Å². The zero-order valence-electron chi connectivity index (χ0n) is 28.9. The Morgan fingerprint density at radius 1 is 0.979 bits per heavy atom. The van der Waals surface area contributed by atoms with Crippen molar-refractivity contribution < 1.29 is 19.2 Å². The van der Waals surface area contributed by atoms with Crippen molar-refractivity contribution in [2.45, 2.75) is 77.7 Å². The SMILES string of the molecule is CNC(=O)N(CCC=O)c1cc(C(=O)N2CCC3(CCCN(CCCCCc4ccc(C(N)=O)cc4)C3)CC2)cc2c1ccn2C(C)C. The molecule has 10 nitrogen and oxygen atoms in total. The lowest BCUT2D eigenvalue weighted by Crippen LogP contribution is -2.50. The Morgan fingerprint density at radius 2 is 1.73 bits per heavy atom. The minimum Gasteiger partial charge on any atom is -0.366 e. The molecule has 3 N–H and O–H groups in total. The van der Waals surface area contributed by atoms with Crippen molar-refractivity contribution in [2.75, 3.05) is 51.2 Å². The van der Waals surface area contributed by atoms with Crippen molar-refractivity contribution in [1.29, 1.82) is 0 Å². The van der Waals surface area contributed by atoms with Gasteiger partial charge in [0, 0.05) is 68.4 Å². The summed E-state index contributed by atoms with van der Waals surface area (Å²) in [6, 6.07) is 13.3. The average molecular weight is 657 g/mol. The summed E-state index contributed by atoms with van der Waals surface area (Å²) in [5, 5.41) is 3.58. The number of amides is 4. The number of primary amides is 1. The number of nitrogens with zero attached hydrogens (tertiary/aromatic N) is 4. The first-order chi connectivity index (χ1) is 23.1. The first kappa shape index (κ1) is 35.1. The van der Waals surface area contributed by atoms with E-state index in [4.69, 9.17) is 5.73 Å². The summed E-state index contributed by atoms with van der Waals surface area (Å²) in [4.78, 5) is 55.8. The van der Waals surface area contributed by atoms with Crippen LogP contribution in [0.3, 0.4) is 0 Å². The summed E-state index contributed by atoms with van der Waals surface area (Å²) in [7, 11) is 1.58. The van der Waals surface area contributed by atoms with Crippen LogP contribution in [0.15, 0.2) is 48.7 Å². The number of urea groups is 1. The van der Waals surface area contributed by atoms with E-state index in [0.29, 0.717) is 16.8 Å². The van der Waals surface area contributed by atoms with E-state index in [9.17, 15) is 19.2 Å². The van der Waals surface area contributed by atoms with E-state index in [2.05, 4.69) is 28.6 Å². The zero-order chi connectivity index (χ0) is 34.3. The van der Waals surface area contributed by atoms with Gasteiger partial charge >= 0.3 is 6.03 Å². The molecule has 2 aliphatic heterocycles. The molecule has 258 valence electrons. The predicted molar refractivity (Wildman–Crippen MR) is 191 cm³/mol. The molecule has 5 rings (SSSR count). The largest absolute Gasteiger partial charge is 0.366 e. The molecular weight excluding hydrogens is 604 g/mol. The van der Waals surface area contributed by atoms with Crippen LogP contribution in [0, 0.1) is 5.41 Å². The number of aldehydes is 1. The molecular formula is C38H52N6O4. The van der Waals surface area contributed by atoms with Gasteiger partial charge in [0.25, 0.3) is 5.91 Å². The lowest BCUT2D eigenvalue weighted by atomic mass is 9.72. The first-order valence-electron chi connectivity index (χ1n) is 17.6. The fourth-order valence-electron chi connectivity index (χ4n) is 7.64. The monoisotopic (exact) mass is 656 g/mol. The highest BCUT2D eigenvalue weighted by Gasteiger charge is 2.39. The molecule has 2 saturated heterocycles. The highest BCUT2D eigenvalue weighted by Crippen LogP contribution is 2.41. The summed E-state index contributed by atoms with van der Waals surface area (Å²) >= 11 is 0. The van der Waals surface area contributed by atoms with Gasteiger partial charge in [0.2, 0.25) is 5.91 Å². The van der Waals surface area contributed by atoms with Crippen LogP contribution in [0.4, 0.5) is 10.5 Å². The average Bonchev–Trinajstić information content (AvgIpc) is 3.53. The van der Waals surface area contributed by atoms with Crippen LogP contribution >= 0.6 is 0 Å². The maximum absolute atomic E-state index is 14.1. The molecule has 4 amide bonds. The minimum atomic E-state index is -0.388. The lowest BCUT2D eigenvalue weighted by Gasteiger charge is -2.48. The quantitative estimate of drug-likeness (QED) is 0.178. The number of carbonyl (C=O) groups is 4. The van der Waals surface area contributed by atoms with Crippen LogP contribution in [0.2, 0.25) is 0 Å². The second kappa shape index (κ2) is 15.8. The van der Waals surface area contributed by atoms with Gasteiger partial charge in [-0.15, -0.1) is 0 Å². The molecule has 48 heavy (non-hydrogen) atoms. The smallest absolute Gasteiger partial charge is 0.321 e. The van der Waals surface area contributed by atoms with E-state index in [-0.39, 0.29) is 42.3 Å². The predicted octanol–water partition coefficient (Wildman–Crippen LogP) is 5.79. The lowest BCUT2D eigenvalue weighted by molar-refractivity contribution is -0.107. The van der Waals surface area contributed by atoms with Crippen LogP contribution in [0.25, 0.3) is 10.9 Å². The van der Waals surface area contributed by atoms with Gasteiger partial charge in [0.05, 0.1) is 11.2 Å². The van der Waals surface area contributed by atoms with Crippen molar-refractivity contribution in [3.8, 4) is 0 Å². The Morgan fingerprint density at radius 3 is 2.40 bits per heavy atom. The Labute approximate surface area is 284 Å². The molecule has 0 radical (unpaired) electrons. The number of rotatable bonds is 13. The van der Waals surface area contributed by atoms with Crippen LogP contribution in [0.5, 0.6) is 0 Å². The number of likely N-dealkylation sites (tertiary alicyclic amines) is 2. The molecule has 0 saturated carbocycles. The molecule has 0 aliphatic carbocycles. The number of aryl methyl sites for hydroxylation is 1. The molecule has 1 aromatic heterocycles. The van der Waals surface area contributed by atoms with Crippen LogP contribution < -0.4 is 16.0 Å². The topological polar surface area (TPSA) is 121 Å². The molecule has 3 heterocycles. The van der Waals surface area contributed by atoms with Crippen molar-refractivity contribution >= 4 is 40.7 Å². The summed E-state index contributed by atoms with van der Waals surface area (Å²) in [5.74, 6) is -0.394. The molecule has 2 aromatic carbocycles.